The Labute approximate surface area is 112 Å². The Morgan fingerprint density at radius 1 is 1.30 bits per heavy atom. The van der Waals surface area contributed by atoms with E-state index in [1.807, 2.05) is 0 Å². The van der Waals surface area contributed by atoms with Gasteiger partial charge in [-0.25, -0.2) is 13.6 Å². The van der Waals surface area contributed by atoms with Crippen LogP contribution in [0.25, 0.3) is 0 Å². The summed E-state index contributed by atoms with van der Waals surface area (Å²) in [5, 5.41) is 7.04. The standard InChI is InChI=1S/C10H11F3N2O4S/c11-10(12,13)6-19-5-9(16)15-7-3-1-2-4-8(7)20(14,17)18/h1-4H,5-6H2,(H,15,16)(H2,14,17,18). The fourth-order valence-corrected chi connectivity index (χ4v) is 1.96. The average Bonchev–Trinajstić information content (AvgIpc) is 2.26. The Morgan fingerprint density at radius 3 is 2.45 bits per heavy atom. The van der Waals surface area contributed by atoms with Crippen LogP contribution in [0, 0.1) is 0 Å². The summed E-state index contributed by atoms with van der Waals surface area (Å²) in [4.78, 5) is 11.0. The molecule has 0 bridgehead atoms. The van der Waals surface area contributed by atoms with Gasteiger partial charge in [0, 0.05) is 0 Å². The first kappa shape index (κ1) is 16.4. The summed E-state index contributed by atoms with van der Waals surface area (Å²) in [6, 6.07) is 5.22. The molecule has 0 aliphatic heterocycles. The van der Waals surface area contributed by atoms with Crippen molar-refractivity contribution in [2.24, 2.45) is 5.14 Å². The number of rotatable bonds is 5. The summed E-state index contributed by atoms with van der Waals surface area (Å²) in [6.45, 7) is -2.43. The van der Waals surface area contributed by atoms with Crippen LogP contribution in [0.5, 0.6) is 0 Å². The van der Waals surface area contributed by atoms with Crippen LogP contribution in [0.1, 0.15) is 0 Å². The third-order valence-corrected chi connectivity index (χ3v) is 2.94. The highest BCUT2D eigenvalue weighted by atomic mass is 32.2. The number of amides is 1. The molecular weight excluding hydrogens is 301 g/mol. The van der Waals surface area contributed by atoms with Crippen LogP contribution in [0.4, 0.5) is 18.9 Å². The third-order valence-electron chi connectivity index (χ3n) is 1.97. The zero-order valence-electron chi connectivity index (χ0n) is 9.98. The van der Waals surface area contributed by atoms with Gasteiger partial charge in [0.05, 0.1) is 5.69 Å². The van der Waals surface area contributed by atoms with Crippen molar-refractivity contribution >= 4 is 21.6 Å². The predicted octanol–water partition coefficient (Wildman–Crippen LogP) is 0.851. The first-order chi connectivity index (χ1) is 9.09. The highest BCUT2D eigenvalue weighted by Crippen LogP contribution is 2.19. The summed E-state index contributed by atoms with van der Waals surface area (Å²) in [6.07, 6.45) is -4.54. The maximum Gasteiger partial charge on any atom is 0.411 e. The number of ether oxygens (including phenoxy) is 1. The smallest absolute Gasteiger partial charge is 0.362 e. The van der Waals surface area contributed by atoms with Crippen LogP contribution < -0.4 is 10.5 Å². The van der Waals surface area contributed by atoms with Gasteiger partial charge < -0.3 is 10.1 Å². The minimum atomic E-state index is -4.54. The van der Waals surface area contributed by atoms with Crippen molar-refractivity contribution in [3.05, 3.63) is 24.3 Å². The average molecular weight is 312 g/mol. The van der Waals surface area contributed by atoms with Crippen LogP contribution >= 0.6 is 0 Å². The SMILES string of the molecule is NS(=O)(=O)c1ccccc1NC(=O)COCC(F)(F)F. The first-order valence-electron chi connectivity index (χ1n) is 5.16. The molecule has 1 aromatic rings. The van der Waals surface area contributed by atoms with Crippen molar-refractivity contribution in [3.63, 3.8) is 0 Å². The molecule has 3 N–H and O–H groups in total. The predicted molar refractivity (Wildman–Crippen MR) is 63.3 cm³/mol. The van der Waals surface area contributed by atoms with E-state index in [9.17, 15) is 26.4 Å². The normalized spacial score (nSPS) is 12.2. The minimum absolute atomic E-state index is 0.129. The van der Waals surface area contributed by atoms with Gasteiger partial charge in [-0.3, -0.25) is 4.79 Å². The van der Waals surface area contributed by atoms with Gasteiger partial charge >= 0.3 is 6.18 Å². The number of nitrogens with two attached hydrogens (primary N) is 1. The molecule has 1 rings (SSSR count). The molecule has 0 aromatic heterocycles. The number of hydrogen-bond acceptors (Lipinski definition) is 4. The van der Waals surface area contributed by atoms with Gasteiger partial charge in [0.2, 0.25) is 15.9 Å². The number of nitrogens with one attached hydrogen (secondary N) is 1. The van der Waals surface area contributed by atoms with Crippen LogP contribution in [0.15, 0.2) is 29.2 Å². The molecule has 20 heavy (non-hydrogen) atoms. The highest BCUT2D eigenvalue weighted by Gasteiger charge is 2.27. The van der Waals surface area contributed by atoms with E-state index >= 15 is 0 Å². The van der Waals surface area contributed by atoms with E-state index in [2.05, 4.69) is 10.1 Å². The molecule has 0 radical (unpaired) electrons. The molecule has 0 fully saturated rings. The van der Waals surface area contributed by atoms with Crippen molar-refractivity contribution in [1.82, 2.24) is 0 Å². The maximum atomic E-state index is 11.8. The van der Waals surface area contributed by atoms with Gasteiger partial charge in [0.15, 0.2) is 0 Å². The lowest BCUT2D eigenvalue weighted by molar-refractivity contribution is -0.174. The van der Waals surface area contributed by atoms with Crippen molar-refractivity contribution in [2.45, 2.75) is 11.1 Å². The second-order valence-corrected chi connectivity index (χ2v) is 5.23. The number of benzene rings is 1. The number of anilines is 1. The Hall–Kier alpha value is -1.65. The molecule has 10 heteroatoms. The molecule has 6 nitrogen and oxygen atoms in total. The van der Waals surface area contributed by atoms with Crippen molar-refractivity contribution in [1.29, 1.82) is 0 Å². The Kier molecular flexibility index (Phi) is 5.09. The molecule has 0 atom stereocenters. The van der Waals surface area contributed by atoms with Gasteiger partial charge in [-0.15, -0.1) is 0 Å². The van der Waals surface area contributed by atoms with E-state index in [4.69, 9.17) is 5.14 Å². The van der Waals surface area contributed by atoms with Crippen molar-refractivity contribution in [3.8, 4) is 0 Å². The molecule has 0 unspecified atom stereocenters. The topological polar surface area (TPSA) is 98.5 Å². The van der Waals surface area contributed by atoms with E-state index in [0.717, 1.165) is 6.07 Å². The van der Waals surface area contributed by atoms with Gasteiger partial charge in [0.25, 0.3) is 0 Å². The van der Waals surface area contributed by atoms with Crippen molar-refractivity contribution in [2.75, 3.05) is 18.5 Å². The van der Waals surface area contributed by atoms with E-state index in [0.29, 0.717) is 0 Å². The van der Waals surface area contributed by atoms with Crippen LogP contribution in [0.3, 0.4) is 0 Å². The third kappa shape index (κ3) is 5.55. The molecular formula is C10H11F3N2O4S. The number of sulfonamides is 1. The van der Waals surface area contributed by atoms with Gasteiger partial charge in [-0.1, -0.05) is 12.1 Å². The summed E-state index contributed by atoms with van der Waals surface area (Å²) >= 11 is 0. The second kappa shape index (κ2) is 6.20. The minimum Gasteiger partial charge on any atom is -0.362 e. The molecule has 0 aliphatic carbocycles. The molecule has 0 aliphatic rings. The fraction of sp³-hybridized carbons (Fsp3) is 0.300. The van der Waals surface area contributed by atoms with Crippen LogP contribution in [0.2, 0.25) is 0 Å². The molecule has 0 saturated carbocycles. The monoisotopic (exact) mass is 312 g/mol. The van der Waals surface area contributed by atoms with Crippen molar-refractivity contribution < 1.29 is 31.1 Å². The zero-order chi connectivity index (χ0) is 15.4. The maximum absolute atomic E-state index is 11.8. The number of carbonyl (C=O) groups excluding carboxylic acids is 1. The number of primary sulfonamides is 1. The fourth-order valence-electron chi connectivity index (χ4n) is 1.26. The Morgan fingerprint density at radius 2 is 1.90 bits per heavy atom. The Bertz CT molecular complexity index is 586. The van der Waals surface area contributed by atoms with Crippen LogP contribution in [-0.2, 0) is 19.6 Å². The van der Waals surface area contributed by atoms with E-state index in [1.54, 1.807) is 0 Å². The second-order valence-electron chi connectivity index (χ2n) is 3.70. The number of para-hydroxylation sites is 1. The van der Waals surface area contributed by atoms with E-state index in [-0.39, 0.29) is 10.6 Å². The largest absolute Gasteiger partial charge is 0.411 e. The number of alkyl halides is 3. The number of hydrogen-bond donors (Lipinski definition) is 2. The summed E-state index contributed by atoms with van der Waals surface area (Å²) in [7, 11) is -4.06. The quantitative estimate of drug-likeness (QED) is 0.842. The first-order valence-corrected chi connectivity index (χ1v) is 6.70. The molecule has 0 spiro atoms. The highest BCUT2D eigenvalue weighted by molar-refractivity contribution is 7.89. The summed E-state index contributed by atoms with van der Waals surface area (Å²) in [5.74, 6) is -0.926. The molecule has 1 amide bonds. The number of carbonyl (C=O) groups is 1. The lowest BCUT2D eigenvalue weighted by Gasteiger charge is -2.10. The van der Waals surface area contributed by atoms with Gasteiger partial charge in [0.1, 0.15) is 18.1 Å². The van der Waals surface area contributed by atoms with E-state index < -0.39 is 35.3 Å². The zero-order valence-corrected chi connectivity index (χ0v) is 10.8. The Balaban J connectivity index is 2.68. The van der Waals surface area contributed by atoms with Crippen LogP contribution in [-0.4, -0.2) is 33.7 Å². The van der Waals surface area contributed by atoms with Gasteiger partial charge in [-0.05, 0) is 12.1 Å². The lowest BCUT2D eigenvalue weighted by Crippen LogP contribution is -2.25. The summed E-state index contributed by atoms with van der Waals surface area (Å²) in [5.41, 5.74) is -0.129. The molecule has 1 aromatic carbocycles. The number of halogens is 3. The molecule has 0 saturated heterocycles. The summed E-state index contributed by atoms with van der Waals surface area (Å²) < 4.78 is 62.0. The molecule has 112 valence electrons. The van der Waals surface area contributed by atoms with E-state index in [1.165, 1.54) is 18.2 Å². The lowest BCUT2D eigenvalue weighted by atomic mass is 10.3. The van der Waals surface area contributed by atoms with Gasteiger partial charge in [-0.2, -0.15) is 13.2 Å². The molecule has 0 heterocycles.